The Bertz CT molecular complexity index is 520. The van der Waals surface area contributed by atoms with E-state index in [1.54, 1.807) is 0 Å². The summed E-state index contributed by atoms with van der Waals surface area (Å²) < 4.78 is 0. The molecule has 3 nitrogen and oxygen atoms in total. The van der Waals surface area contributed by atoms with Gasteiger partial charge in [-0.3, -0.25) is 4.98 Å². The predicted molar refractivity (Wildman–Crippen MR) is 85.1 cm³/mol. The average Bonchev–Trinajstić information content (AvgIpc) is 2.78. The van der Waals surface area contributed by atoms with Crippen LogP contribution in [0.4, 0.5) is 0 Å². The van der Waals surface area contributed by atoms with E-state index in [4.69, 9.17) is 4.98 Å². The first-order valence-electron chi connectivity index (χ1n) is 7.26. The highest BCUT2D eigenvalue weighted by Gasteiger charge is 2.12. The van der Waals surface area contributed by atoms with Crippen LogP contribution in [-0.2, 0) is 19.4 Å². The number of aromatic nitrogens is 2. The third-order valence-electron chi connectivity index (χ3n) is 3.06. The Kier molecular flexibility index (Phi) is 5.68. The van der Waals surface area contributed by atoms with Gasteiger partial charge in [0.2, 0.25) is 0 Å². The first-order chi connectivity index (χ1) is 9.69. The van der Waals surface area contributed by atoms with Crippen LogP contribution in [0, 0.1) is 5.92 Å². The molecule has 0 amide bonds. The van der Waals surface area contributed by atoms with Crippen molar-refractivity contribution in [2.24, 2.45) is 5.92 Å². The quantitative estimate of drug-likeness (QED) is 0.848. The molecular weight excluding hydrogens is 266 g/mol. The summed E-state index contributed by atoms with van der Waals surface area (Å²) in [5, 5.41) is 4.62. The number of rotatable bonds is 7. The van der Waals surface area contributed by atoms with E-state index in [2.05, 4.69) is 43.2 Å². The summed E-state index contributed by atoms with van der Waals surface area (Å²) in [5.41, 5.74) is 2.55. The average molecular weight is 289 g/mol. The van der Waals surface area contributed by atoms with Gasteiger partial charge in [0.05, 0.1) is 10.7 Å². The van der Waals surface area contributed by atoms with Gasteiger partial charge in [0, 0.05) is 30.2 Å². The summed E-state index contributed by atoms with van der Waals surface area (Å²) in [6.07, 6.45) is 5.66. The molecule has 0 bridgehead atoms. The van der Waals surface area contributed by atoms with Crippen LogP contribution in [-0.4, -0.2) is 16.5 Å². The Morgan fingerprint density at radius 2 is 2.00 bits per heavy atom. The highest BCUT2D eigenvalue weighted by molar-refractivity contribution is 7.11. The van der Waals surface area contributed by atoms with E-state index in [1.165, 1.54) is 21.1 Å². The molecule has 1 N–H and O–H groups in total. The van der Waals surface area contributed by atoms with Crippen LogP contribution in [0.3, 0.4) is 0 Å². The molecule has 0 saturated carbocycles. The second kappa shape index (κ2) is 7.50. The zero-order valence-electron chi connectivity index (χ0n) is 12.5. The summed E-state index contributed by atoms with van der Waals surface area (Å²) in [5.74, 6) is 0.645. The van der Waals surface area contributed by atoms with Crippen molar-refractivity contribution in [3.05, 3.63) is 45.7 Å². The highest BCUT2D eigenvalue weighted by atomic mass is 32.1. The Labute approximate surface area is 125 Å². The Morgan fingerprint density at radius 1 is 1.25 bits per heavy atom. The zero-order chi connectivity index (χ0) is 14.4. The van der Waals surface area contributed by atoms with E-state index in [0.717, 1.165) is 25.9 Å². The van der Waals surface area contributed by atoms with Gasteiger partial charge in [-0.05, 0) is 36.6 Å². The van der Waals surface area contributed by atoms with Gasteiger partial charge in [0.25, 0.3) is 0 Å². The largest absolute Gasteiger partial charge is 0.312 e. The van der Waals surface area contributed by atoms with Crippen molar-refractivity contribution in [2.45, 2.75) is 40.2 Å². The number of nitrogens with one attached hydrogen (secondary N) is 1. The van der Waals surface area contributed by atoms with E-state index < -0.39 is 0 Å². The second-order valence-corrected chi connectivity index (χ2v) is 6.56. The number of hydrogen-bond donors (Lipinski definition) is 1. The third-order valence-corrected chi connectivity index (χ3v) is 4.16. The molecule has 0 aromatic carbocycles. The first kappa shape index (κ1) is 15.1. The molecule has 108 valence electrons. The van der Waals surface area contributed by atoms with Crippen molar-refractivity contribution in [3.63, 3.8) is 0 Å². The maximum Gasteiger partial charge on any atom is 0.0975 e. The lowest BCUT2D eigenvalue weighted by molar-refractivity contribution is 0.626. The molecule has 0 fully saturated rings. The molecule has 0 unspecified atom stereocenters. The summed E-state index contributed by atoms with van der Waals surface area (Å²) in [4.78, 5) is 10.3. The normalized spacial score (nSPS) is 11.2. The van der Waals surface area contributed by atoms with Crippen LogP contribution in [0.5, 0.6) is 0 Å². The smallest absolute Gasteiger partial charge is 0.0975 e. The minimum Gasteiger partial charge on any atom is -0.312 e. The monoisotopic (exact) mass is 289 g/mol. The van der Waals surface area contributed by atoms with Crippen LogP contribution in [0.1, 0.15) is 41.9 Å². The Morgan fingerprint density at radius 3 is 2.65 bits per heavy atom. The van der Waals surface area contributed by atoms with Crippen molar-refractivity contribution in [3.8, 4) is 0 Å². The summed E-state index contributed by atoms with van der Waals surface area (Å²) in [6, 6.07) is 4.13. The van der Waals surface area contributed by atoms with Crippen molar-refractivity contribution in [2.75, 3.05) is 6.54 Å². The van der Waals surface area contributed by atoms with Gasteiger partial charge in [-0.2, -0.15) is 0 Å². The van der Waals surface area contributed by atoms with Crippen molar-refractivity contribution in [1.29, 1.82) is 0 Å². The summed E-state index contributed by atoms with van der Waals surface area (Å²) in [7, 11) is 0. The number of nitrogens with zero attached hydrogens (tertiary/aromatic N) is 2. The molecule has 4 heteroatoms. The maximum absolute atomic E-state index is 4.86. The molecule has 0 atom stereocenters. The van der Waals surface area contributed by atoms with E-state index in [0.29, 0.717) is 5.92 Å². The van der Waals surface area contributed by atoms with Gasteiger partial charge in [0.1, 0.15) is 0 Å². The van der Waals surface area contributed by atoms with Gasteiger partial charge < -0.3 is 5.32 Å². The second-order valence-electron chi connectivity index (χ2n) is 5.39. The molecule has 2 heterocycles. The molecule has 2 aromatic rings. The number of thiazole rings is 1. The Balaban J connectivity index is 2.14. The fourth-order valence-corrected chi connectivity index (χ4v) is 3.21. The molecule has 2 aromatic heterocycles. The summed E-state index contributed by atoms with van der Waals surface area (Å²) in [6.45, 7) is 8.57. The molecule has 0 spiro atoms. The van der Waals surface area contributed by atoms with E-state index in [-0.39, 0.29) is 0 Å². The predicted octanol–water partition coefficient (Wildman–Crippen LogP) is 3.44. The number of pyridine rings is 1. The standard InChI is InChI=1S/C16H23N3S/c1-4-17-11-15-14(9-12(2)3)19-16(20-15)10-13-5-7-18-8-6-13/h5-8,12,17H,4,9-11H2,1-3H3. The van der Waals surface area contributed by atoms with Crippen LogP contribution in [0.25, 0.3) is 0 Å². The zero-order valence-corrected chi connectivity index (χ0v) is 13.3. The molecule has 20 heavy (non-hydrogen) atoms. The van der Waals surface area contributed by atoms with E-state index in [1.807, 2.05) is 23.7 Å². The van der Waals surface area contributed by atoms with Gasteiger partial charge in [-0.25, -0.2) is 4.98 Å². The third kappa shape index (κ3) is 4.39. The molecular formula is C16H23N3S. The van der Waals surface area contributed by atoms with Crippen molar-refractivity contribution >= 4 is 11.3 Å². The molecule has 0 aliphatic rings. The molecule has 2 rings (SSSR count). The van der Waals surface area contributed by atoms with Crippen LogP contribution in [0.15, 0.2) is 24.5 Å². The van der Waals surface area contributed by atoms with E-state index in [9.17, 15) is 0 Å². The van der Waals surface area contributed by atoms with Gasteiger partial charge >= 0.3 is 0 Å². The Hall–Kier alpha value is -1.26. The molecule has 0 saturated heterocycles. The van der Waals surface area contributed by atoms with Gasteiger partial charge in [0.15, 0.2) is 0 Å². The molecule has 0 radical (unpaired) electrons. The van der Waals surface area contributed by atoms with Crippen LogP contribution in [0.2, 0.25) is 0 Å². The lowest BCUT2D eigenvalue weighted by atomic mass is 10.1. The fourth-order valence-electron chi connectivity index (χ4n) is 2.11. The van der Waals surface area contributed by atoms with Gasteiger partial charge in [-0.15, -0.1) is 11.3 Å². The van der Waals surface area contributed by atoms with Crippen molar-refractivity contribution in [1.82, 2.24) is 15.3 Å². The lowest BCUT2D eigenvalue weighted by Gasteiger charge is -2.04. The topological polar surface area (TPSA) is 37.8 Å². The highest BCUT2D eigenvalue weighted by Crippen LogP contribution is 2.23. The summed E-state index contributed by atoms with van der Waals surface area (Å²) >= 11 is 1.84. The minimum absolute atomic E-state index is 0.645. The fraction of sp³-hybridized carbons (Fsp3) is 0.500. The molecule has 0 aliphatic heterocycles. The molecule has 0 aliphatic carbocycles. The van der Waals surface area contributed by atoms with E-state index >= 15 is 0 Å². The number of hydrogen-bond acceptors (Lipinski definition) is 4. The maximum atomic E-state index is 4.86. The van der Waals surface area contributed by atoms with Crippen molar-refractivity contribution < 1.29 is 0 Å². The first-order valence-corrected chi connectivity index (χ1v) is 8.07. The van der Waals surface area contributed by atoms with Crippen LogP contribution >= 0.6 is 11.3 Å². The SMILES string of the molecule is CCNCc1sc(Cc2ccncc2)nc1CC(C)C. The van der Waals surface area contributed by atoms with Crippen LogP contribution < -0.4 is 5.32 Å². The van der Waals surface area contributed by atoms with Gasteiger partial charge in [-0.1, -0.05) is 20.8 Å². The lowest BCUT2D eigenvalue weighted by Crippen LogP contribution is -2.12. The minimum atomic E-state index is 0.645.